The van der Waals surface area contributed by atoms with Crippen LogP contribution in [0.3, 0.4) is 0 Å². The van der Waals surface area contributed by atoms with Gasteiger partial charge >= 0.3 is 18.2 Å². The fraction of sp³-hybridized carbons (Fsp3) is 0.628. The van der Waals surface area contributed by atoms with E-state index in [1.54, 1.807) is 68.4 Å². The number of benzene rings is 2. The summed E-state index contributed by atoms with van der Waals surface area (Å²) in [4.78, 5) is 41.5. The third kappa shape index (κ3) is 13.2. The van der Waals surface area contributed by atoms with Crippen molar-refractivity contribution in [3.63, 3.8) is 0 Å². The van der Waals surface area contributed by atoms with Crippen LogP contribution in [0.5, 0.6) is 5.75 Å². The van der Waals surface area contributed by atoms with E-state index in [1.165, 1.54) is 21.7 Å². The largest absolute Gasteiger partial charge is 0.492 e. The van der Waals surface area contributed by atoms with E-state index in [0.29, 0.717) is 21.1 Å². The predicted octanol–water partition coefficient (Wildman–Crippen LogP) is 9.89. The van der Waals surface area contributed by atoms with Gasteiger partial charge in [0.2, 0.25) is 0 Å². The summed E-state index contributed by atoms with van der Waals surface area (Å²) < 4.78 is 70.6. The summed E-state index contributed by atoms with van der Waals surface area (Å²) in [5, 5.41) is 5.54. The van der Waals surface area contributed by atoms with E-state index in [-0.39, 0.29) is 31.3 Å². The minimum atomic E-state index is -2.80. The molecule has 1 aliphatic carbocycles. The normalized spacial score (nSPS) is 14.9. The second-order valence-corrected chi connectivity index (χ2v) is 23.9. The summed E-state index contributed by atoms with van der Waals surface area (Å²) in [5.41, 5.74) is -0.930. The highest BCUT2D eigenvalue weighted by atomic mass is 32.2. The Morgan fingerprint density at radius 2 is 1.53 bits per heavy atom. The number of fused-ring (bicyclic) bond motifs is 1. The van der Waals surface area contributed by atoms with Crippen LogP contribution in [0, 0.1) is 5.82 Å². The molecule has 334 valence electrons. The molecule has 2 aromatic carbocycles. The van der Waals surface area contributed by atoms with Crippen molar-refractivity contribution in [3.8, 4) is 5.75 Å². The van der Waals surface area contributed by atoms with Crippen molar-refractivity contribution >= 4 is 54.3 Å². The van der Waals surface area contributed by atoms with Gasteiger partial charge in [-0.25, -0.2) is 18.2 Å². The topological polar surface area (TPSA) is 159 Å². The van der Waals surface area contributed by atoms with Crippen molar-refractivity contribution in [2.75, 3.05) is 30.5 Å². The van der Waals surface area contributed by atoms with Crippen molar-refractivity contribution in [2.45, 2.75) is 149 Å². The molecule has 3 aromatic rings. The lowest BCUT2D eigenvalue weighted by Gasteiger charge is -2.37. The fourth-order valence-electron chi connectivity index (χ4n) is 6.84. The van der Waals surface area contributed by atoms with Gasteiger partial charge in [-0.2, -0.15) is 9.78 Å². The zero-order valence-corrected chi connectivity index (χ0v) is 39.2. The quantitative estimate of drug-likeness (QED) is 0.0595. The van der Waals surface area contributed by atoms with Crippen LogP contribution in [0.15, 0.2) is 36.4 Å². The predicted molar refractivity (Wildman–Crippen MR) is 233 cm³/mol. The molecule has 0 spiro atoms. The summed E-state index contributed by atoms with van der Waals surface area (Å²) in [6, 6.07) is 11.8. The molecule has 1 aromatic heterocycles. The summed E-state index contributed by atoms with van der Waals surface area (Å²) in [7, 11) is -2.44. The monoisotopic (exact) mass is 876 g/mol. The van der Waals surface area contributed by atoms with E-state index in [1.807, 2.05) is 12.1 Å². The first-order valence-corrected chi connectivity index (χ1v) is 24.4. The number of halogens is 1. The van der Waals surface area contributed by atoms with Crippen LogP contribution in [-0.4, -0.2) is 93.0 Å². The fourth-order valence-corrected chi connectivity index (χ4v) is 10.2. The highest BCUT2D eigenvalue weighted by Crippen LogP contribution is 2.40. The lowest BCUT2D eigenvalue weighted by atomic mass is 9.82. The molecule has 4 rings (SSSR count). The summed E-state index contributed by atoms with van der Waals surface area (Å²) in [6.45, 7) is 21.2. The van der Waals surface area contributed by atoms with Gasteiger partial charge in [0.1, 0.15) is 41.5 Å². The van der Waals surface area contributed by atoms with Gasteiger partial charge in [0.15, 0.2) is 8.32 Å². The molecule has 0 aliphatic heterocycles. The van der Waals surface area contributed by atoms with Gasteiger partial charge in [0, 0.05) is 17.4 Å². The zero-order valence-electron chi connectivity index (χ0n) is 37.4. The van der Waals surface area contributed by atoms with E-state index in [2.05, 4.69) is 20.8 Å². The molecule has 0 radical (unpaired) electrons. The Hall–Kier alpha value is -4.06. The third-order valence-electron chi connectivity index (χ3n) is 10.2. The van der Waals surface area contributed by atoms with Crippen molar-refractivity contribution in [1.29, 1.82) is 0 Å². The third-order valence-corrected chi connectivity index (χ3v) is 15.6. The number of aromatic nitrogens is 2. The standard InChI is InChI=1S/C43H65FN4O10SSi/c1-13-60(14-2,15-3)58-36(30-19-22-33(44)35(25-30)47(59(52)53)28-37(49)55-41(4,5)6)27-46(39(50)56-42(7,8)9)23-24-54-31-20-21-32-34(26-31)48(40(51)57-43(10,11)12)45-38(32)29-17-16-18-29/h19-22,25-26,29,36H,13-18,23-24,27-28H2,1-12H3,(H,52,53). The van der Waals surface area contributed by atoms with E-state index in [9.17, 15) is 23.1 Å². The number of esters is 1. The van der Waals surface area contributed by atoms with Gasteiger partial charge < -0.3 is 28.3 Å². The Morgan fingerprint density at radius 3 is 2.07 bits per heavy atom. The number of carbonyl (C=O) groups excluding carboxylic acids is 3. The van der Waals surface area contributed by atoms with Crippen LogP contribution < -0.4 is 9.04 Å². The number of nitrogens with zero attached hydrogens (tertiary/aromatic N) is 4. The molecule has 0 bridgehead atoms. The summed E-state index contributed by atoms with van der Waals surface area (Å²) >= 11 is -2.80. The summed E-state index contributed by atoms with van der Waals surface area (Å²) in [5.74, 6) is -0.953. The Kier molecular flexibility index (Phi) is 16.0. The van der Waals surface area contributed by atoms with Crippen LogP contribution in [0.25, 0.3) is 10.9 Å². The SMILES string of the molecule is CC[Si](CC)(CC)OC(CN(CCOc1ccc2c(C3CCC3)nn(C(=O)OC(C)(C)C)c2c1)C(=O)OC(C)(C)C)c1ccc(F)c(N(CC(=O)OC(C)(C)C)S(=O)O)c1. The molecule has 1 saturated carbocycles. The van der Waals surface area contributed by atoms with E-state index < -0.39 is 73.0 Å². The maximum absolute atomic E-state index is 15.6. The van der Waals surface area contributed by atoms with E-state index >= 15 is 4.39 Å². The Balaban J connectivity index is 1.70. The van der Waals surface area contributed by atoms with Crippen molar-refractivity contribution < 1.29 is 50.9 Å². The first-order chi connectivity index (χ1) is 27.9. The Bertz CT molecular complexity index is 1990. The van der Waals surface area contributed by atoms with Crippen molar-refractivity contribution in [3.05, 3.63) is 53.5 Å². The number of hydrogen-bond acceptors (Lipinski definition) is 10. The summed E-state index contributed by atoms with van der Waals surface area (Å²) in [6.07, 6.45) is 1.03. The van der Waals surface area contributed by atoms with Gasteiger partial charge in [-0.1, -0.05) is 33.3 Å². The number of ether oxygens (including phenoxy) is 4. The molecule has 17 heteroatoms. The maximum Gasteiger partial charge on any atom is 0.435 e. The van der Waals surface area contributed by atoms with Crippen molar-refractivity contribution in [1.82, 2.24) is 14.7 Å². The molecule has 14 nitrogen and oxygen atoms in total. The minimum absolute atomic E-state index is 0.0211. The Morgan fingerprint density at radius 1 is 0.917 bits per heavy atom. The molecule has 2 atom stereocenters. The van der Waals surface area contributed by atoms with Gasteiger partial charge in [0.25, 0.3) is 11.3 Å². The van der Waals surface area contributed by atoms with Crippen LogP contribution >= 0.6 is 0 Å². The molecule has 1 heterocycles. The van der Waals surface area contributed by atoms with Gasteiger partial charge in [-0.05, 0) is 123 Å². The van der Waals surface area contributed by atoms with Crippen LogP contribution in [0.2, 0.25) is 18.1 Å². The van der Waals surface area contributed by atoms with Crippen molar-refractivity contribution in [2.24, 2.45) is 0 Å². The van der Waals surface area contributed by atoms with Crippen LogP contribution in [-0.2, 0) is 34.7 Å². The molecule has 0 saturated heterocycles. The average molecular weight is 877 g/mol. The van der Waals surface area contributed by atoms with Gasteiger partial charge in [-0.3, -0.25) is 13.7 Å². The van der Waals surface area contributed by atoms with Crippen LogP contribution in [0.4, 0.5) is 19.7 Å². The smallest absolute Gasteiger partial charge is 0.435 e. The number of anilines is 1. The molecule has 60 heavy (non-hydrogen) atoms. The number of hydrogen-bond donors (Lipinski definition) is 1. The lowest BCUT2D eigenvalue weighted by Crippen LogP contribution is -2.45. The van der Waals surface area contributed by atoms with Crippen LogP contribution in [0.1, 0.15) is 126 Å². The first-order valence-electron chi connectivity index (χ1n) is 20.8. The second kappa shape index (κ2) is 19.8. The van der Waals surface area contributed by atoms with Gasteiger partial charge in [0.05, 0.1) is 36.1 Å². The number of amides is 1. The Labute approximate surface area is 357 Å². The average Bonchev–Trinajstić information content (AvgIpc) is 3.47. The molecular formula is C43H65FN4O10SSi. The highest BCUT2D eigenvalue weighted by Gasteiger charge is 2.36. The minimum Gasteiger partial charge on any atom is -0.492 e. The molecule has 1 fully saturated rings. The van der Waals surface area contributed by atoms with Gasteiger partial charge in [-0.15, -0.1) is 0 Å². The number of rotatable bonds is 17. The number of carbonyl (C=O) groups is 3. The zero-order chi connectivity index (χ0) is 44.8. The van der Waals surface area contributed by atoms with E-state index in [0.717, 1.165) is 54.5 Å². The second-order valence-electron chi connectivity index (χ2n) is 18.3. The van der Waals surface area contributed by atoms with E-state index in [4.69, 9.17) is 28.5 Å². The lowest BCUT2D eigenvalue weighted by molar-refractivity contribution is -0.152. The molecule has 1 N–H and O–H groups in total. The maximum atomic E-state index is 15.6. The molecule has 1 amide bonds. The molecule has 1 aliphatic rings. The highest BCUT2D eigenvalue weighted by molar-refractivity contribution is 7.80. The molecule has 2 unspecified atom stereocenters. The first kappa shape index (κ1) is 48.6. The molecular weight excluding hydrogens is 812 g/mol.